The summed E-state index contributed by atoms with van der Waals surface area (Å²) in [6.45, 7) is 5.23. The molecule has 1 aromatic heterocycles. The molecule has 3 rings (SSSR count). The number of hydrogen-bond donors (Lipinski definition) is 1. The molecule has 0 spiro atoms. The maximum Gasteiger partial charge on any atom is 0.310 e. The number of fused-ring (bicyclic) bond motifs is 1. The summed E-state index contributed by atoms with van der Waals surface area (Å²) in [6, 6.07) is 7.82. The Labute approximate surface area is 123 Å². The largest absolute Gasteiger partial charge is 0.481 e. The highest BCUT2D eigenvalue weighted by Gasteiger charge is 2.18. The smallest absolute Gasteiger partial charge is 0.310 e. The molecular weight excluding hydrogens is 268 g/mol. The molecule has 2 aromatic rings. The summed E-state index contributed by atoms with van der Waals surface area (Å²) in [6.07, 6.45) is 1.77. The topological polar surface area (TPSA) is 71.2 Å². The molecule has 1 N–H and O–H groups in total. The number of benzene rings is 1. The minimum absolute atomic E-state index is 0.465. The van der Waals surface area contributed by atoms with Crippen LogP contribution < -0.4 is 0 Å². The van der Waals surface area contributed by atoms with Gasteiger partial charge in [0, 0.05) is 19.6 Å². The van der Waals surface area contributed by atoms with E-state index in [1.54, 1.807) is 13.3 Å². The minimum Gasteiger partial charge on any atom is -0.481 e. The highest BCUT2D eigenvalue weighted by Crippen LogP contribution is 2.18. The van der Waals surface area contributed by atoms with Crippen LogP contribution in [-0.4, -0.2) is 37.3 Å². The second kappa shape index (κ2) is 5.65. The molecule has 0 bridgehead atoms. The number of carboxylic acids is 1. The van der Waals surface area contributed by atoms with Gasteiger partial charge in [0.1, 0.15) is 12.2 Å². The van der Waals surface area contributed by atoms with Crippen LogP contribution in [0.15, 0.2) is 30.6 Å². The zero-order valence-electron chi connectivity index (χ0n) is 11.9. The maximum atomic E-state index is 11.0. The van der Waals surface area contributed by atoms with Gasteiger partial charge >= 0.3 is 5.97 Å². The van der Waals surface area contributed by atoms with Crippen molar-refractivity contribution in [1.82, 2.24) is 19.7 Å². The van der Waals surface area contributed by atoms with Crippen molar-refractivity contribution in [3.8, 4) is 0 Å². The normalized spacial score (nSPS) is 16.4. The van der Waals surface area contributed by atoms with Crippen molar-refractivity contribution < 1.29 is 9.90 Å². The standard InChI is InChI=1S/C15H18N4O2/c1-11(15(20)21)13-4-2-12(3-5-13)8-18-6-7-19-10-16-17-14(19)9-18/h2-5,10-11H,6-9H2,1H3,(H,20,21). The summed E-state index contributed by atoms with van der Waals surface area (Å²) in [4.78, 5) is 13.3. The number of aromatic nitrogens is 3. The lowest BCUT2D eigenvalue weighted by molar-refractivity contribution is -0.138. The Morgan fingerprint density at radius 1 is 1.33 bits per heavy atom. The minimum atomic E-state index is -0.793. The molecule has 1 aromatic carbocycles. The van der Waals surface area contributed by atoms with Crippen molar-refractivity contribution in [2.75, 3.05) is 6.54 Å². The van der Waals surface area contributed by atoms with Crippen molar-refractivity contribution in [3.63, 3.8) is 0 Å². The highest BCUT2D eigenvalue weighted by atomic mass is 16.4. The van der Waals surface area contributed by atoms with Crippen LogP contribution in [0.25, 0.3) is 0 Å². The fourth-order valence-electron chi connectivity index (χ4n) is 2.56. The predicted octanol–water partition coefficient (Wildman–Crippen LogP) is 1.48. The van der Waals surface area contributed by atoms with Crippen LogP contribution in [0.3, 0.4) is 0 Å². The van der Waals surface area contributed by atoms with E-state index < -0.39 is 11.9 Å². The van der Waals surface area contributed by atoms with E-state index in [0.29, 0.717) is 0 Å². The van der Waals surface area contributed by atoms with Crippen LogP contribution in [-0.2, 0) is 24.4 Å². The lowest BCUT2D eigenvalue weighted by Gasteiger charge is -2.26. The molecule has 0 saturated carbocycles. The van der Waals surface area contributed by atoms with Crippen LogP contribution in [0.1, 0.15) is 29.8 Å². The summed E-state index contributed by atoms with van der Waals surface area (Å²) < 4.78 is 2.08. The SMILES string of the molecule is CC(C(=O)O)c1ccc(CN2CCn3cnnc3C2)cc1. The molecule has 0 amide bonds. The third-order valence-corrected chi connectivity index (χ3v) is 3.97. The van der Waals surface area contributed by atoms with Gasteiger partial charge in [0.2, 0.25) is 0 Å². The first kappa shape index (κ1) is 13.8. The van der Waals surface area contributed by atoms with Gasteiger partial charge in [-0.05, 0) is 18.1 Å². The van der Waals surface area contributed by atoms with Gasteiger partial charge < -0.3 is 9.67 Å². The van der Waals surface area contributed by atoms with Crippen molar-refractivity contribution in [2.24, 2.45) is 0 Å². The number of nitrogens with zero attached hydrogens (tertiary/aromatic N) is 4. The molecule has 0 aliphatic carbocycles. The number of rotatable bonds is 4. The van der Waals surface area contributed by atoms with E-state index in [-0.39, 0.29) is 0 Å². The van der Waals surface area contributed by atoms with Gasteiger partial charge in [-0.25, -0.2) is 0 Å². The molecule has 0 radical (unpaired) electrons. The number of hydrogen-bond acceptors (Lipinski definition) is 4. The van der Waals surface area contributed by atoms with E-state index in [2.05, 4.69) is 19.7 Å². The highest BCUT2D eigenvalue weighted by molar-refractivity contribution is 5.75. The van der Waals surface area contributed by atoms with Crippen molar-refractivity contribution in [3.05, 3.63) is 47.5 Å². The molecule has 1 aliphatic heterocycles. The van der Waals surface area contributed by atoms with Crippen molar-refractivity contribution in [2.45, 2.75) is 32.5 Å². The van der Waals surface area contributed by atoms with Gasteiger partial charge in [-0.1, -0.05) is 24.3 Å². The Hall–Kier alpha value is -2.21. The average molecular weight is 286 g/mol. The van der Waals surface area contributed by atoms with Crippen LogP contribution in [0.2, 0.25) is 0 Å². The Kier molecular flexibility index (Phi) is 3.70. The first-order valence-corrected chi connectivity index (χ1v) is 7.04. The lowest BCUT2D eigenvalue weighted by Crippen LogP contribution is -2.33. The molecule has 1 atom stereocenters. The summed E-state index contributed by atoms with van der Waals surface area (Å²) in [5, 5.41) is 17.0. The van der Waals surface area contributed by atoms with E-state index in [0.717, 1.165) is 37.6 Å². The fourth-order valence-corrected chi connectivity index (χ4v) is 2.56. The molecule has 6 nitrogen and oxygen atoms in total. The van der Waals surface area contributed by atoms with Gasteiger partial charge in [-0.3, -0.25) is 9.69 Å². The fraction of sp³-hybridized carbons (Fsp3) is 0.400. The van der Waals surface area contributed by atoms with E-state index in [9.17, 15) is 4.79 Å². The van der Waals surface area contributed by atoms with E-state index in [1.807, 2.05) is 24.3 Å². The van der Waals surface area contributed by atoms with Gasteiger partial charge in [-0.15, -0.1) is 10.2 Å². The number of aliphatic carboxylic acids is 1. The second-order valence-corrected chi connectivity index (χ2v) is 5.45. The zero-order chi connectivity index (χ0) is 14.8. The first-order valence-electron chi connectivity index (χ1n) is 7.04. The third kappa shape index (κ3) is 2.95. The van der Waals surface area contributed by atoms with Crippen molar-refractivity contribution in [1.29, 1.82) is 0 Å². The molecule has 110 valence electrons. The Morgan fingerprint density at radius 2 is 2.10 bits per heavy atom. The maximum absolute atomic E-state index is 11.0. The van der Waals surface area contributed by atoms with Gasteiger partial charge in [0.25, 0.3) is 0 Å². The summed E-state index contributed by atoms with van der Waals surface area (Å²) in [7, 11) is 0. The lowest BCUT2D eigenvalue weighted by atomic mass is 10.00. The average Bonchev–Trinajstić information content (AvgIpc) is 2.95. The number of carbonyl (C=O) groups is 1. The van der Waals surface area contributed by atoms with Crippen molar-refractivity contribution >= 4 is 5.97 Å². The number of carboxylic acid groups (broad SMARTS) is 1. The molecule has 1 unspecified atom stereocenters. The molecular formula is C15H18N4O2. The molecule has 1 aliphatic rings. The van der Waals surface area contributed by atoms with E-state index in [4.69, 9.17) is 5.11 Å². The Morgan fingerprint density at radius 3 is 2.81 bits per heavy atom. The molecule has 2 heterocycles. The zero-order valence-corrected chi connectivity index (χ0v) is 11.9. The first-order chi connectivity index (χ1) is 10.1. The van der Waals surface area contributed by atoms with E-state index in [1.165, 1.54) is 5.56 Å². The summed E-state index contributed by atoms with van der Waals surface area (Å²) in [5.74, 6) is -0.261. The van der Waals surface area contributed by atoms with Gasteiger partial charge in [0.05, 0.1) is 12.5 Å². The van der Waals surface area contributed by atoms with Gasteiger partial charge in [-0.2, -0.15) is 0 Å². The van der Waals surface area contributed by atoms with Crippen LogP contribution in [0.5, 0.6) is 0 Å². The summed E-state index contributed by atoms with van der Waals surface area (Å²) >= 11 is 0. The molecule has 6 heteroatoms. The van der Waals surface area contributed by atoms with E-state index >= 15 is 0 Å². The molecule has 0 fully saturated rings. The quantitative estimate of drug-likeness (QED) is 0.922. The molecule has 0 saturated heterocycles. The van der Waals surface area contributed by atoms with Crippen LogP contribution in [0, 0.1) is 0 Å². The van der Waals surface area contributed by atoms with Crippen LogP contribution in [0.4, 0.5) is 0 Å². The molecule has 21 heavy (non-hydrogen) atoms. The van der Waals surface area contributed by atoms with Gasteiger partial charge in [0.15, 0.2) is 0 Å². The van der Waals surface area contributed by atoms with Crippen LogP contribution >= 0.6 is 0 Å². The Bertz CT molecular complexity index is 635. The summed E-state index contributed by atoms with van der Waals surface area (Å²) in [5.41, 5.74) is 2.02. The predicted molar refractivity (Wildman–Crippen MR) is 76.6 cm³/mol. The third-order valence-electron chi connectivity index (χ3n) is 3.97. The Balaban J connectivity index is 1.65. The second-order valence-electron chi connectivity index (χ2n) is 5.45. The monoisotopic (exact) mass is 286 g/mol.